The van der Waals surface area contributed by atoms with Gasteiger partial charge in [-0.2, -0.15) is 0 Å². The molecule has 9 atom stereocenters. The van der Waals surface area contributed by atoms with Crippen molar-refractivity contribution in [2.24, 2.45) is 23.2 Å². The van der Waals surface area contributed by atoms with Crippen LogP contribution in [-0.4, -0.2) is 74.4 Å². The van der Waals surface area contributed by atoms with E-state index >= 15 is 0 Å². The highest BCUT2D eigenvalue weighted by Crippen LogP contribution is 2.42. The first kappa shape index (κ1) is 24.6. The van der Waals surface area contributed by atoms with Crippen LogP contribution in [0.2, 0.25) is 0 Å². The van der Waals surface area contributed by atoms with Gasteiger partial charge in [-0.05, 0) is 57.8 Å². The van der Waals surface area contributed by atoms with E-state index in [4.69, 9.17) is 28.4 Å². The smallest absolute Gasteiger partial charge is 0.311 e. The van der Waals surface area contributed by atoms with Gasteiger partial charge in [-0.15, -0.1) is 0 Å². The summed E-state index contributed by atoms with van der Waals surface area (Å²) in [5, 5.41) is 0. The van der Waals surface area contributed by atoms with Crippen molar-refractivity contribution in [3.8, 4) is 0 Å². The van der Waals surface area contributed by atoms with Crippen LogP contribution in [0.1, 0.15) is 71.1 Å². The summed E-state index contributed by atoms with van der Waals surface area (Å²) in [6, 6.07) is 0. The van der Waals surface area contributed by atoms with E-state index in [0.717, 1.165) is 44.9 Å². The second-order valence-corrected chi connectivity index (χ2v) is 11.8. The Bertz CT molecular complexity index is 821. The molecule has 2 bridgehead atoms. The van der Waals surface area contributed by atoms with Crippen LogP contribution in [0.15, 0.2) is 0 Å². The normalized spacial score (nSPS) is 41.4. The van der Waals surface area contributed by atoms with Crippen LogP contribution in [0.5, 0.6) is 0 Å². The van der Waals surface area contributed by atoms with E-state index in [2.05, 4.69) is 0 Å². The molecule has 9 heteroatoms. The van der Waals surface area contributed by atoms with E-state index in [1.54, 1.807) is 0 Å². The lowest BCUT2D eigenvalue weighted by molar-refractivity contribution is -0.204. The minimum atomic E-state index is -0.792. The molecule has 7 aliphatic rings. The quantitative estimate of drug-likeness (QED) is 0.251. The van der Waals surface area contributed by atoms with Crippen molar-refractivity contribution in [1.29, 1.82) is 0 Å². The molecule has 0 amide bonds. The number of esters is 3. The van der Waals surface area contributed by atoms with Crippen LogP contribution in [-0.2, 0) is 42.8 Å². The molecule has 4 heterocycles. The Morgan fingerprint density at radius 1 is 0.639 bits per heavy atom. The number of fused-ring (bicyclic) bond motifs is 4. The molecule has 0 N–H and O–H groups in total. The first-order valence-electron chi connectivity index (χ1n) is 13.9. The minimum Gasteiger partial charge on any atom is -0.465 e. The van der Waals surface area contributed by atoms with Gasteiger partial charge >= 0.3 is 17.9 Å². The molecule has 36 heavy (non-hydrogen) atoms. The molecule has 0 radical (unpaired) electrons. The summed E-state index contributed by atoms with van der Waals surface area (Å²) in [7, 11) is 0. The van der Waals surface area contributed by atoms with E-state index in [1.807, 2.05) is 6.92 Å². The average Bonchev–Trinajstić information content (AvgIpc) is 3.81. The second-order valence-electron chi connectivity index (χ2n) is 11.8. The lowest BCUT2D eigenvalue weighted by Gasteiger charge is -2.45. The highest BCUT2D eigenvalue weighted by Gasteiger charge is 2.49. The van der Waals surface area contributed by atoms with E-state index < -0.39 is 5.41 Å². The fraction of sp³-hybridized carbons (Fsp3) is 0.889. The number of hydrogen-bond donors (Lipinski definition) is 0. The van der Waals surface area contributed by atoms with E-state index in [0.29, 0.717) is 37.6 Å². The van der Waals surface area contributed by atoms with Crippen molar-refractivity contribution in [2.45, 2.75) is 108 Å². The molecule has 0 aromatic carbocycles. The van der Waals surface area contributed by atoms with Crippen LogP contribution in [0, 0.1) is 23.2 Å². The summed E-state index contributed by atoms with van der Waals surface area (Å²) in [6.07, 6.45) is 9.02. The molecule has 4 saturated heterocycles. The molecule has 9 unspecified atom stereocenters. The van der Waals surface area contributed by atoms with E-state index in [1.165, 1.54) is 0 Å². The Labute approximate surface area is 211 Å². The zero-order valence-electron chi connectivity index (χ0n) is 21.1. The SMILES string of the molecule is CCC(COC(=O)C1CCC2OC2C1)(COC(=O)C1CCC2OC2C1)COC(=O)C1CCC2CC1O2. The van der Waals surface area contributed by atoms with Gasteiger partial charge in [0.25, 0.3) is 0 Å². The van der Waals surface area contributed by atoms with Crippen molar-refractivity contribution in [2.75, 3.05) is 19.8 Å². The molecule has 9 nitrogen and oxygen atoms in total. The fourth-order valence-corrected chi connectivity index (χ4v) is 6.44. The van der Waals surface area contributed by atoms with Crippen molar-refractivity contribution in [1.82, 2.24) is 0 Å². The molecule has 0 spiro atoms. The number of rotatable bonds is 10. The van der Waals surface area contributed by atoms with Crippen LogP contribution in [0.3, 0.4) is 0 Å². The number of carbonyl (C=O) groups is 3. The van der Waals surface area contributed by atoms with Crippen molar-refractivity contribution in [3.63, 3.8) is 0 Å². The first-order valence-corrected chi connectivity index (χ1v) is 13.9. The predicted molar refractivity (Wildman–Crippen MR) is 124 cm³/mol. The third-order valence-electron chi connectivity index (χ3n) is 9.40. The third kappa shape index (κ3) is 5.16. The number of epoxide rings is 2. The summed E-state index contributed by atoms with van der Waals surface area (Å²) in [5.41, 5.74) is -0.792. The number of ether oxygens (including phenoxy) is 6. The molecule has 0 aromatic rings. The summed E-state index contributed by atoms with van der Waals surface area (Å²) in [5.74, 6) is -1.37. The number of hydrogen-bond acceptors (Lipinski definition) is 9. The largest absolute Gasteiger partial charge is 0.465 e. The second kappa shape index (κ2) is 9.87. The molecule has 3 aliphatic carbocycles. The van der Waals surface area contributed by atoms with E-state index in [-0.39, 0.29) is 73.8 Å². The minimum absolute atomic E-state index is 0.0342. The van der Waals surface area contributed by atoms with Crippen LogP contribution in [0.25, 0.3) is 0 Å². The Morgan fingerprint density at radius 2 is 1.17 bits per heavy atom. The van der Waals surface area contributed by atoms with Gasteiger partial charge in [0, 0.05) is 6.42 Å². The maximum atomic E-state index is 12.9. The molecular weight excluding hydrogens is 468 g/mol. The van der Waals surface area contributed by atoms with Crippen LogP contribution in [0.4, 0.5) is 0 Å². The molecule has 0 aromatic heterocycles. The fourth-order valence-electron chi connectivity index (χ4n) is 6.44. The van der Waals surface area contributed by atoms with Gasteiger partial charge in [0.2, 0.25) is 0 Å². The van der Waals surface area contributed by atoms with Gasteiger partial charge in [0.1, 0.15) is 19.8 Å². The lowest BCUT2D eigenvalue weighted by atomic mass is 9.80. The molecule has 3 saturated carbocycles. The standard InChI is InChI=1S/C27H38O9/c1-2-27(12-31-24(28)15-3-7-19-22(9-15)35-19,13-32-25(29)16-4-8-20-23(10-16)36-20)14-33-26(30)18-6-5-17-11-21(18)34-17/h15-23H,2-14H2,1H3. The first-order chi connectivity index (χ1) is 17.4. The van der Waals surface area contributed by atoms with Crippen molar-refractivity contribution < 1.29 is 42.8 Å². The van der Waals surface area contributed by atoms with E-state index in [9.17, 15) is 14.4 Å². The molecular formula is C27H38O9. The molecule has 7 fully saturated rings. The Balaban J connectivity index is 1.07. The monoisotopic (exact) mass is 506 g/mol. The Morgan fingerprint density at radius 3 is 1.61 bits per heavy atom. The molecule has 4 aliphatic heterocycles. The zero-order valence-corrected chi connectivity index (χ0v) is 21.1. The predicted octanol–water partition coefficient (Wildman–Crippen LogP) is 2.71. The summed E-state index contributed by atoms with van der Waals surface area (Å²) < 4.78 is 34.2. The van der Waals surface area contributed by atoms with Crippen molar-refractivity contribution >= 4 is 17.9 Å². The zero-order chi connectivity index (χ0) is 24.9. The third-order valence-corrected chi connectivity index (χ3v) is 9.40. The lowest BCUT2D eigenvalue weighted by Crippen LogP contribution is -2.51. The topological polar surface area (TPSA) is 113 Å². The van der Waals surface area contributed by atoms with Gasteiger partial charge in [-0.1, -0.05) is 6.92 Å². The summed E-state index contributed by atoms with van der Waals surface area (Å²) in [4.78, 5) is 38.6. The van der Waals surface area contributed by atoms with Crippen molar-refractivity contribution in [3.05, 3.63) is 0 Å². The van der Waals surface area contributed by atoms with Crippen LogP contribution < -0.4 is 0 Å². The van der Waals surface area contributed by atoms with Crippen LogP contribution >= 0.6 is 0 Å². The van der Waals surface area contributed by atoms with Gasteiger partial charge in [-0.3, -0.25) is 14.4 Å². The van der Waals surface area contributed by atoms with Gasteiger partial charge in [0.05, 0.1) is 59.8 Å². The maximum Gasteiger partial charge on any atom is 0.311 e. The summed E-state index contributed by atoms with van der Waals surface area (Å²) >= 11 is 0. The van der Waals surface area contributed by atoms with Gasteiger partial charge in [0.15, 0.2) is 0 Å². The summed E-state index contributed by atoms with van der Waals surface area (Å²) in [6.45, 7) is 2.06. The highest BCUT2D eigenvalue weighted by molar-refractivity contribution is 5.74. The maximum absolute atomic E-state index is 12.9. The average molecular weight is 507 g/mol. The molecule has 7 rings (SSSR count). The van der Waals surface area contributed by atoms with Gasteiger partial charge < -0.3 is 28.4 Å². The Kier molecular flexibility index (Phi) is 6.75. The Hall–Kier alpha value is -1.71. The highest BCUT2D eigenvalue weighted by atomic mass is 16.6. The van der Waals surface area contributed by atoms with Gasteiger partial charge in [-0.25, -0.2) is 0 Å². The molecule has 200 valence electrons. The number of carbonyl (C=O) groups excluding carboxylic acids is 3.